The summed E-state index contributed by atoms with van der Waals surface area (Å²) in [5, 5.41) is 7.10. The lowest BCUT2D eigenvalue weighted by molar-refractivity contribution is 0.290. The first kappa shape index (κ1) is 8.99. The summed E-state index contributed by atoms with van der Waals surface area (Å²) in [5.41, 5.74) is 0. The molecule has 5 nitrogen and oxygen atoms in total. The number of nitrogens with one attached hydrogen (secondary N) is 1. The van der Waals surface area contributed by atoms with Gasteiger partial charge in [-0.3, -0.25) is 4.68 Å². The molecule has 1 aromatic rings. The third-order valence-electron chi connectivity index (χ3n) is 1.34. The number of rotatable bonds is 5. The average Bonchev–Trinajstić information content (AvgIpc) is 2.45. The minimum Gasteiger partial charge on any atom is -0.461 e. The molecule has 1 rings (SSSR count). The summed E-state index contributed by atoms with van der Waals surface area (Å²) in [6, 6.07) is 0.440. The van der Waals surface area contributed by atoms with Crippen LogP contribution in [0.2, 0.25) is 0 Å². The molecule has 0 aliphatic carbocycles. The Labute approximate surface area is 71.7 Å². The van der Waals surface area contributed by atoms with Gasteiger partial charge in [0.15, 0.2) is 0 Å². The first-order valence-corrected chi connectivity index (χ1v) is 4.02. The van der Waals surface area contributed by atoms with Crippen LogP contribution in [0.4, 0.5) is 0 Å². The summed E-state index contributed by atoms with van der Waals surface area (Å²) in [7, 11) is 1.81. The zero-order valence-corrected chi connectivity index (χ0v) is 7.45. The van der Waals surface area contributed by atoms with Crippen LogP contribution in [0.3, 0.4) is 0 Å². The van der Waals surface area contributed by atoms with Crippen LogP contribution in [0.5, 0.6) is 6.01 Å². The number of aryl methyl sites for hydroxylation is 1. The lowest BCUT2D eigenvalue weighted by Crippen LogP contribution is -2.20. The van der Waals surface area contributed by atoms with Gasteiger partial charge in [0.05, 0.1) is 0 Å². The monoisotopic (exact) mass is 170 g/mol. The van der Waals surface area contributed by atoms with E-state index >= 15 is 0 Å². The fourth-order valence-electron chi connectivity index (χ4n) is 0.777. The minimum atomic E-state index is 0.440. The number of ether oxygens (including phenoxy) is 1. The lowest BCUT2D eigenvalue weighted by atomic mass is 10.6. The van der Waals surface area contributed by atoms with Crippen LogP contribution in [-0.4, -0.2) is 34.5 Å². The van der Waals surface area contributed by atoms with Crippen LogP contribution in [-0.2, 0) is 7.05 Å². The van der Waals surface area contributed by atoms with Crippen LogP contribution >= 0.6 is 0 Å². The van der Waals surface area contributed by atoms with Crippen LogP contribution < -0.4 is 10.1 Å². The Bertz CT molecular complexity index is 223. The molecule has 1 N–H and O–H groups in total. The van der Waals surface area contributed by atoms with E-state index in [0.29, 0.717) is 12.6 Å². The normalized spacial score (nSPS) is 10.2. The number of aromatic nitrogens is 3. The summed E-state index contributed by atoms with van der Waals surface area (Å²) in [6.45, 7) is 4.45. The van der Waals surface area contributed by atoms with Gasteiger partial charge in [-0.25, -0.2) is 0 Å². The molecule has 0 saturated carbocycles. The van der Waals surface area contributed by atoms with Crippen molar-refractivity contribution in [2.75, 3.05) is 19.7 Å². The topological polar surface area (TPSA) is 52.0 Å². The SMILES string of the molecule is CCNCCOc1ncn(C)n1. The molecule has 12 heavy (non-hydrogen) atoms. The molecule has 0 radical (unpaired) electrons. The molecule has 5 heteroatoms. The molecule has 1 aromatic heterocycles. The molecule has 0 fully saturated rings. The maximum atomic E-state index is 5.22. The van der Waals surface area contributed by atoms with Crippen molar-refractivity contribution in [1.82, 2.24) is 20.1 Å². The maximum absolute atomic E-state index is 5.22. The van der Waals surface area contributed by atoms with E-state index in [9.17, 15) is 0 Å². The summed E-state index contributed by atoms with van der Waals surface area (Å²) in [6.07, 6.45) is 1.61. The van der Waals surface area contributed by atoms with Gasteiger partial charge in [0, 0.05) is 13.6 Å². The third-order valence-corrected chi connectivity index (χ3v) is 1.34. The standard InChI is InChI=1S/C7H14N4O/c1-3-8-4-5-12-7-9-6-11(2)10-7/h6,8H,3-5H2,1-2H3. The Morgan fingerprint density at radius 3 is 3.08 bits per heavy atom. The van der Waals surface area contributed by atoms with E-state index in [-0.39, 0.29) is 0 Å². The molecule has 0 spiro atoms. The van der Waals surface area contributed by atoms with E-state index in [1.165, 1.54) is 0 Å². The van der Waals surface area contributed by atoms with E-state index in [2.05, 4.69) is 22.3 Å². The first-order chi connectivity index (χ1) is 5.83. The van der Waals surface area contributed by atoms with Gasteiger partial charge < -0.3 is 10.1 Å². The van der Waals surface area contributed by atoms with Gasteiger partial charge in [-0.2, -0.15) is 4.98 Å². The van der Waals surface area contributed by atoms with Gasteiger partial charge in [-0.15, -0.1) is 5.10 Å². The van der Waals surface area contributed by atoms with Gasteiger partial charge in [0.1, 0.15) is 12.9 Å². The lowest BCUT2D eigenvalue weighted by Gasteiger charge is -2.00. The Hall–Kier alpha value is -1.10. The number of likely N-dealkylation sites (N-methyl/N-ethyl adjacent to an activating group) is 1. The first-order valence-electron chi connectivity index (χ1n) is 4.02. The fraction of sp³-hybridized carbons (Fsp3) is 0.714. The van der Waals surface area contributed by atoms with E-state index in [1.54, 1.807) is 11.0 Å². The summed E-state index contributed by atoms with van der Waals surface area (Å²) >= 11 is 0. The second-order valence-corrected chi connectivity index (χ2v) is 2.40. The highest BCUT2D eigenvalue weighted by Crippen LogP contribution is 1.96. The van der Waals surface area contributed by atoms with Crippen molar-refractivity contribution in [3.05, 3.63) is 6.33 Å². The molecule has 0 atom stereocenters. The molecule has 0 unspecified atom stereocenters. The number of hydrogen-bond donors (Lipinski definition) is 1. The van der Waals surface area contributed by atoms with Crippen molar-refractivity contribution < 1.29 is 4.74 Å². The zero-order valence-electron chi connectivity index (χ0n) is 7.45. The number of hydrogen-bond acceptors (Lipinski definition) is 4. The second-order valence-electron chi connectivity index (χ2n) is 2.40. The van der Waals surface area contributed by atoms with E-state index < -0.39 is 0 Å². The van der Waals surface area contributed by atoms with Crippen molar-refractivity contribution in [2.45, 2.75) is 6.92 Å². The van der Waals surface area contributed by atoms with E-state index in [4.69, 9.17) is 4.74 Å². The molecular formula is C7H14N4O. The van der Waals surface area contributed by atoms with Crippen molar-refractivity contribution in [3.8, 4) is 6.01 Å². The van der Waals surface area contributed by atoms with Crippen LogP contribution in [0.1, 0.15) is 6.92 Å². The Morgan fingerprint density at radius 1 is 1.67 bits per heavy atom. The molecule has 0 aliphatic rings. The van der Waals surface area contributed by atoms with Gasteiger partial charge in [-0.1, -0.05) is 6.92 Å². The highest BCUT2D eigenvalue weighted by Gasteiger charge is 1.96. The molecule has 68 valence electrons. The predicted molar refractivity (Wildman–Crippen MR) is 45.0 cm³/mol. The molecule has 1 heterocycles. The van der Waals surface area contributed by atoms with Gasteiger partial charge in [-0.05, 0) is 6.54 Å². The highest BCUT2D eigenvalue weighted by molar-refractivity contribution is 4.86. The molecule has 0 amide bonds. The fourth-order valence-corrected chi connectivity index (χ4v) is 0.777. The average molecular weight is 170 g/mol. The van der Waals surface area contributed by atoms with E-state index in [0.717, 1.165) is 13.1 Å². The molecule has 0 aliphatic heterocycles. The Balaban J connectivity index is 2.15. The van der Waals surface area contributed by atoms with E-state index in [1.807, 2.05) is 7.05 Å². The maximum Gasteiger partial charge on any atom is 0.335 e. The zero-order chi connectivity index (χ0) is 8.81. The molecular weight excluding hydrogens is 156 g/mol. The largest absolute Gasteiger partial charge is 0.461 e. The van der Waals surface area contributed by atoms with Gasteiger partial charge in [0.2, 0.25) is 0 Å². The minimum absolute atomic E-state index is 0.440. The number of nitrogens with zero attached hydrogens (tertiary/aromatic N) is 3. The van der Waals surface area contributed by atoms with Crippen molar-refractivity contribution in [1.29, 1.82) is 0 Å². The molecule has 0 saturated heterocycles. The molecule has 0 aromatic carbocycles. The predicted octanol–water partition coefficient (Wildman–Crippen LogP) is -0.197. The van der Waals surface area contributed by atoms with Gasteiger partial charge >= 0.3 is 6.01 Å². The summed E-state index contributed by atoms with van der Waals surface area (Å²) in [4.78, 5) is 3.92. The smallest absolute Gasteiger partial charge is 0.335 e. The Morgan fingerprint density at radius 2 is 2.50 bits per heavy atom. The summed E-state index contributed by atoms with van der Waals surface area (Å²) < 4.78 is 6.84. The van der Waals surface area contributed by atoms with Crippen LogP contribution in [0.15, 0.2) is 6.33 Å². The third kappa shape index (κ3) is 2.87. The van der Waals surface area contributed by atoms with Crippen LogP contribution in [0.25, 0.3) is 0 Å². The summed E-state index contributed by atoms with van der Waals surface area (Å²) in [5.74, 6) is 0. The highest BCUT2D eigenvalue weighted by atomic mass is 16.5. The van der Waals surface area contributed by atoms with Gasteiger partial charge in [0.25, 0.3) is 0 Å². The van der Waals surface area contributed by atoms with Crippen LogP contribution in [0, 0.1) is 0 Å². The molecule has 0 bridgehead atoms. The Kier molecular flexibility index (Phi) is 3.53. The van der Waals surface area contributed by atoms with Crippen molar-refractivity contribution in [3.63, 3.8) is 0 Å². The quantitative estimate of drug-likeness (QED) is 0.622. The van der Waals surface area contributed by atoms with Crippen molar-refractivity contribution >= 4 is 0 Å². The second kappa shape index (κ2) is 4.71. The van der Waals surface area contributed by atoms with Crippen molar-refractivity contribution in [2.24, 2.45) is 7.05 Å².